The molecule has 9 nitrogen and oxygen atoms in total. The molecule has 2 aromatic heterocycles. The number of nitrogens with zero attached hydrogens (tertiary/aromatic N) is 6. The number of para-hydroxylation sites is 1. The third-order valence-corrected chi connectivity index (χ3v) is 6.27. The Kier molecular flexibility index (Phi) is 8.12. The molecule has 1 unspecified atom stereocenters. The van der Waals surface area contributed by atoms with Crippen LogP contribution in [-0.4, -0.2) is 81.7 Å². The Morgan fingerprint density at radius 2 is 2.03 bits per heavy atom. The molecule has 1 aromatic carbocycles. The number of anilines is 1. The number of rotatable bonds is 9. The fourth-order valence-electron chi connectivity index (χ4n) is 4.32. The van der Waals surface area contributed by atoms with Gasteiger partial charge in [0, 0.05) is 37.3 Å². The smallest absolute Gasteiger partial charge is 0.333 e. The topological polar surface area (TPSA) is 102 Å². The second-order valence-corrected chi connectivity index (χ2v) is 9.23. The lowest BCUT2D eigenvalue weighted by atomic mass is 10.0. The van der Waals surface area contributed by atoms with Gasteiger partial charge < -0.3 is 10.5 Å². The number of ether oxygens (including phenoxy) is 1. The van der Waals surface area contributed by atoms with E-state index >= 15 is 0 Å². The molecule has 3 heterocycles. The molecule has 2 N–H and O–H groups in total. The average molecular weight is 520 g/mol. The number of likely N-dealkylation sites (N-methyl/N-ethyl adjacent to an activating group) is 1. The number of hydrogen-bond donors (Lipinski definition) is 1. The van der Waals surface area contributed by atoms with Crippen molar-refractivity contribution in [3.63, 3.8) is 0 Å². The van der Waals surface area contributed by atoms with Gasteiger partial charge in [-0.05, 0) is 32.1 Å². The van der Waals surface area contributed by atoms with Crippen LogP contribution in [0.3, 0.4) is 0 Å². The number of ketones is 1. The maximum atomic E-state index is 13.5. The maximum absolute atomic E-state index is 13.5. The fourth-order valence-corrected chi connectivity index (χ4v) is 4.51. The van der Waals surface area contributed by atoms with Crippen LogP contribution in [0.1, 0.15) is 24.1 Å². The number of alkyl halides is 2. The molecule has 0 bridgehead atoms. The highest BCUT2D eigenvalue weighted by Crippen LogP contribution is 2.29. The van der Waals surface area contributed by atoms with Gasteiger partial charge in [0.25, 0.3) is 0 Å². The number of carbonyl (C=O) groups excluding carboxylic acids is 1. The van der Waals surface area contributed by atoms with E-state index in [1.165, 1.54) is 12.3 Å². The lowest BCUT2D eigenvalue weighted by Crippen LogP contribution is -2.50. The van der Waals surface area contributed by atoms with Crippen LogP contribution in [0.15, 0.2) is 36.5 Å². The van der Waals surface area contributed by atoms with E-state index in [2.05, 4.69) is 20.0 Å². The first-order valence-corrected chi connectivity index (χ1v) is 11.9. The van der Waals surface area contributed by atoms with Gasteiger partial charge in [0.15, 0.2) is 5.78 Å². The lowest BCUT2D eigenvalue weighted by molar-refractivity contribution is -0.127. The van der Waals surface area contributed by atoms with Gasteiger partial charge in [-0.1, -0.05) is 29.8 Å². The Morgan fingerprint density at radius 3 is 2.72 bits per heavy atom. The van der Waals surface area contributed by atoms with Crippen LogP contribution in [0.25, 0.3) is 11.4 Å². The molecule has 4 rings (SSSR count). The molecule has 192 valence electrons. The highest BCUT2D eigenvalue weighted by atomic mass is 35.5. The van der Waals surface area contributed by atoms with Crippen molar-refractivity contribution < 1.29 is 18.3 Å². The van der Waals surface area contributed by atoms with Gasteiger partial charge in [-0.25, -0.2) is 14.6 Å². The summed E-state index contributed by atoms with van der Waals surface area (Å²) in [5.74, 6) is 0.760. The molecule has 1 fully saturated rings. The Balaban J connectivity index is 1.48. The number of halogens is 3. The van der Waals surface area contributed by atoms with Crippen LogP contribution in [0.4, 0.5) is 14.7 Å². The van der Waals surface area contributed by atoms with Crippen LogP contribution in [0.5, 0.6) is 5.75 Å². The van der Waals surface area contributed by atoms with Crippen LogP contribution < -0.4 is 10.5 Å². The zero-order valence-corrected chi connectivity index (χ0v) is 20.8. The van der Waals surface area contributed by atoms with Crippen LogP contribution in [0.2, 0.25) is 5.15 Å². The first kappa shape index (κ1) is 25.9. The number of carbonyl (C=O) groups is 1. The van der Waals surface area contributed by atoms with Gasteiger partial charge in [-0.15, -0.1) is 0 Å². The molecule has 0 radical (unpaired) electrons. The van der Waals surface area contributed by atoms with Crippen molar-refractivity contribution in [2.24, 2.45) is 0 Å². The summed E-state index contributed by atoms with van der Waals surface area (Å²) < 4.78 is 33.5. The quantitative estimate of drug-likeness (QED) is 0.430. The second-order valence-electron chi connectivity index (χ2n) is 8.84. The monoisotopic (exact) mass is 519 g/mol. The van der Waals surface area contributed by atoms with Gasteiger partial charge >= 0.3 is 6.55 Å². The van der Waals surface area contributed by atoms with Crippen molar-refractivity contribution in [1.82, 2.24) is 29.5 Å². The second kappa shape index (κ2) is 11.3. The largest absolute Gasteiger partial charge is 0.492 e. The molecule has 12 heteroatoms. The van der Waals surface area contributed by atoms with Gasteiger partial charge in [-0.3, -0.25) is 14.6 Å². The normalized spacial score (nSPS) is 16.8. The molecule has 3 aromatic rings. The molecule has 1 aliphatic rings. The van der Waals surface area contributed by atoms with Gasteiger partial charge in [0.2, 0.25) is 5.95 Å². The van der Waals surface area contributed by atoms with E-state index in [0.717, 1.165) is 18.5 Å². The number of piperidine rings is 1. The lowest BCUT2D eigenvalue weighted by Gasteiger charge is -2.33. The first-order valence-electron chi connectivity index (χ1n) is 11.5. The molecule has 0 saturated carbocycles. The fraction of sp³-hybridized carbons (Fsp3) is 0.417. The number of nitrogens with two attached hydrogens (primary N) is 1. The Hall–Kier alpha value is -3.15. The zero-order chi connectivity index (χ0) is 25.8. The Morgan fingerprint density at radius 1 is 1.25 bits per heavy atom. The number of benzene rings is 1. The highest BCUT2D eigenvalue weighted by molar-refractivity contribution is 6.29. The Bertz CT molecular complexity index is 1200. The van der Waals surface area contributed by atoms with Crippen molar-refractivity contribution in [1.29, 1.82) is 0 Å². The number of hydrogen-bond acceptors (Lipinski definition) is 8. The molecule has 0 aliphatic carbocycles. The molecule has 1 saturated heterocycles. The third kappa shape index (κ3) is 6.15. The van der Waals surface area contributed by atoms with E-state index in [1.54, 1.807) is 0 Å². The van der Waals surface area contributed by atoms with Gasteiger partial charge in [0.05, 0.1) is 18.3 Å². The van der Waals surface area contributed by atoms with Crippen LogP contribution >= 0.6 is 11.6 Å². The minimum absolute atomic E-state index is 0.0358. The zero-order valence-electron chi connectivity index (χ0n) is 20.1. The van der Waals surface area contributed by atoms with Crippen molar-refractivity contribution >= 4 is 23.3 Å². The predicted octanol–water partition coefficient (Wildman–Crippen LogP) is 3.15. The van der Waals surface area contributed by atoms with Gasteiger partial charge in [-0.2, -0.15) is 13.9 Å². The van der Waals surface area contributed by atoms with E-state index < -0.39 is 6.55 Å². The van der Waals surface area contributed by atoms with E-state index in [-0.39, 0.29) is 40.7 Å². The molecule has 36 heavy (non-hydrogen) atoms. The summed E-state index contributed by atoms with van der Waals surface area (Å²) in [4.78, 5) is 24.3. The van der Waals surface area contributed by atoms with E-state index in [1.807, 2.05) is 43.3 Å². The van der Waals surface area contributed by atoms with Crippen molar-refractivity contribution in [2.45, 2.75) is 25.4 Å². The van der Waals surface area contributed by atoms with Crippen LogP contribution in [-0.2, 0) is 11.2 Å². The van der Waals surface area contributed by atoms with E-state index in [9.17, 15) is 13.6 Å². The predicted molar refractivity (Wildman–Crippen MR) is 132 cm³/mol. The van der Waals surface area contributed by atoms with E-state index in [0.29, 0.717) is 35.7 Å². The molecular weight excluding hydrogens is 492 g/mol. The molecule has 1 aliphatic heterocycles. The summed E-state index contributed by atoms with van der Waals surface area (Å²) in [6.07, 6.45) is 2.34. The van der Waals surface area contributed by atoms with E-state index in [4.69, 9.17) is 22.1 Å². The molecule has 1 atom stereocenters. The minimum atomic E-state index is -2.82. The van der Waals surface area contributed by atoms with Crippen molar-refractivity contribution in [2.75, 3.05) is 46.1 Å². The maximum Gasteiger partial charge on any atom is 0.333 e. The number of aromatic nitrogens is 4. The third-order valence-electron chi connectivity index (χ3n) is 6.07. The van der Waals surface area contributed by atoms with Crippen LogP contribution in [0, 0.1) is 0 Å². The average Bonchev–Trinajstić information content (AvgIpc) is 3.24. The molecule has 0 spiro atoms. The Labute approximate surface area is 212 Å². The molecule has 0 amide bonds. The summed E-state index contributed by atoms with van der Waals surface area (Å²) in [5, 5.41) is 4.11. The summed E-state index contributed by atoms with van der Waals surface area (Å²) >= 11 is 6.00. The SMILES string of the molecule is CN(C)C1CCN(CCOc2ccccc2Cc2cn(C(F)F)nc2-c2cc(Cl)nc(N)n2)CC1=O. The highest BCUT2D eigenvalue weighted by Gasteiger charge is 2.28. The number of Topliss-reactive ketones (excluding diaryl/α,β-unsaturated/α-hetero) is 1. The number of likely N-dealkylation sites (tertiary alicyclic amines) is 1. The standard InChI is InChI=1S/C24H28ClF2N7O2/c1-32(2)18-7-8-33(14-19(18)35)9-10-36-20-6-4-3-5-15(20)11-16-13-34(23(26)27)31-22(16)17-12-21(25)30-24(28)29-17/h3-6,12-13,18,23H,7-11,14H2,1-2H3,(H2,28,29,30). The summed E-state index contributed by atoms with van der Waals surface area (Å²) in [6.45, 7) is -0.612. The van der Waals surface area contributed by atoms with Crippen molar-refractivity contribution in [3.8, 4) is 17.1 Å². The van der Waals surface area contributed by atoms with Gasteiger partial charge in [0.1, 0.15) is 23.2 Å². The summed E-state index contributed by atoms with van der Waals surface area (Å²) in [5.41, 5.74) is 7.50. The minimum Gasteiger partial charge on any atom is -0.492 e. The number of nitrogen functional groups attached to an aromatic ring is 1. The summed E-state index contributed by atoms with van der Waals surface area (Å²) in [6, 6.07) is 8.79. The first-order chi connectivity index (χ1) is 17.2. The van der Waals surface area contributed by atoms with Crippen molar-refractivity contribution in [3.05, 3.63) is 52.8 Å². The molecular formula is C24H28ClF2N7O2. The summed E-state index contributed by atoms with van der Waals surface area (Å²) in [7, 11) is 3.84.